The van der Waals surface area contributed by atoms with Crippen LogP contribution in [-0.4, -0.2) is 34.7 Å². The number of hydrogen-bond donors (Lipinski definition) is 2. The highest BCUT2D eigenvalue weighted by Crippen LogP contribution is 2.34. The molecule has 0 bridgehead atoms. The first-order chi connectivity index (χ1) is 11.2. The molecule has 1 aromatic carbocycles. The van der Waals surface area contributed by atoms with E-state index in [0.29, 0.717) is 30.1 Å². The molecular weight excluding hydrogens is 290 g/mol. The zero-order chi connectivity index (χ0) is 16.2. The molecule has 23 heavy (non-hydrogen) atoms. The van der Waals surface area contributed by atoms with Crippen molar-refractivity contribution in [3.63, 3.8) is 0 Å². The highest BCUT2D eigenvalue weighted by atomic mass is 16.3. The highest BCUT2D eigenvalue weighted by molar-refractivity contribution is 5.90. The van der Waals surface area contributed by atoms with E-state index in [9.17, 15) is 9.90 Å². The molecule has 1 heterocycles. The molecule has 1 saturated heterocycles. The second-order valence-corrected chi connectivity index (χ2v) is 6.63. The molecule has 122 valence electrons. The topological polar surface area (TPSA) is 76.4 Å². The standard InChI is InChI=1S/C18H23N3O2/c19-11-13-5-4-8-15(9-13)20-18(23)21-12-16(22)10-17(21)14-6-2-1-3-7-14/h4-5,8-9,14,16-17,22H,1-3,6-7,10,12H2,(H,20,23)/t16-,17+/m0/s1. The molecule has 0 radical (unpaired) electrons. The van der Waals surface area contributed by atoms with Crippen molar-refractivity contribution in [2.45, 2.75) is 50.7 Å². The molecule has 2 fully saturated rings. The Hall–Kier alpha value is -2.06. The van der Waals surface area contributed by atoms with E-state index < -0.39 is 6.10 Å². The van der Waals surface area contributed by atoms with Crippen molar-refractivity contribution >= 4 is 11.7 Å². The first-order valence-corrected chi connectivity index (χ1v) is 8.43. The minimum Gasteiger partial charge on any atom is -0.391 e. The zero-order valence-electron chi connectivity index (χ0n) is 13.2. The van der Waals surface area contributed by atoms with Crippen LogP contribution < -0.4 is 5.32 Å². The number of β-amino-alcohol motifs (C(OH)–C–C–N with tert-alkyl or cyclic N) is 1. The molecule has 5 nitrogen and oxygen atoms in total. The van der Waals surface area contributed by atoms with Crippen LogP contribution >= 0.6 is 0 Å². The first kappa shape index (κ1) is 15.8. The maximum Gasteiger partial charge on any atom is 0.322 e. The number of amides is 2. The number of urea groups is 1. The van der Waals surface area contributed by atoms with E-state index in [1.165, 1.54) is 19.3 Å². The van der Waals surface area contributed by atoms with Gasteiger partial charge in [0.25, 0.3) is 0 Å². The third-order valence-corrected chi connectivity index (χ3v) is 5.02. The lowest BCUT2D eigenvalue weighted by Crippen LogP contribution is -2.43. The Morgan fingerprint density at radius 2 is 2.09 bits per heavy atom. The van der Waals surface area contributed by atoms with Crippen LogP contribution in [0.2, 0.25) is 0 Å². The van der Waals surface area contributed by atoms with Gasteiger partial charge in [-0.3, -0.25) is 0 Å². The summed E-state index contributed by atoms with van der Waals surface area (Å²) in [6.45, 7) is 0.394. The number of carbonyl (C=O) groups excluding carboxylic acids is 1. The van der Waals surface area contributed by atoms with E-state index in [4.69, 9.17) is 5.26 Å². The van der Waals surface area contributed by atoms with Crippen molar-refractivity contribution in [2.75, 3.05) is 11.9 Å². The van der Waals surface area contributed by atoms with Crippen molar-refractivity contribution < 1.29 is 9.90 Å². The summed E-state index contributed by atoms with van der Waals surface area (Å²) in [7, 11) is 0. The molecule has 2 aliphatic rings. The minimum absolute atomic E-state index is 0.129. The average Bonchev–Trinajstić information content (AvgIpc) is 2.98. The number of nitriles is 1. The summed E-state index contributed by atoms with van der Waals surface area (Å²) < 4.78 is 0. The van der Waals surface area contributed by atoms with Crippen LogP contribution in [-0.2, 0) is 0 Å². The van der Waals surface area contributed by atoms with E-state index in [0.717, 1.165) is 12.8 Å². The molecule has 2 atom stereocenters. The van der Waals surface area contributed by atoms with Crippen LogP contribution in [0.25, 0.3) is 0 Å². The van der Waals surface area contributed by atoms with Gasteiger partial charge in [0.05, 0.1) is 17.7 Å². The lowest BCUT2D eigenvalue weighted by Gasteiger charge is -2.33. The number of hydrogen-bond acceptors (Lipinski definition) is 3. The Labute approximate surface area is 136 Å². The molecule has 1 aliphatic heterocycles. The number of anilines is 1. The van der Waals surface area contributed by atoms with Crippen LogP contribution in [0.1, 0.15) is 44.1 Å². The Morgan fingerprint density at radius 3 is 2.83 bits per heavy atom. The fraction of sp³-hybridized carbons (Fsp3) is 0.556. The molecule has 5 heteroatoms. The molecule has 0 spiro atoms. The van der Waals surface area contributed by atoms with Gasteiger partial charge in [0.2, 0.25) is 0 Å². The quantitative estimate of drug-likeness (QED) is 0.881. The van der Waals surface area contributed by atoms with Crippen molar-refractivity contribution in [2.24, 2.45) is 5.92 Å². The molecule has 0 aromatic heterocycles. The highest BCUT2D eigenvalue weighted by Gasteiger charge is 2.39. The van der Waals surface area contributed by atoms with Crippen LogP contribution in [0.5, 0.6) is 0 Å². The second kappa shape index (κ2) is 7.01. The summed E-state index contributed by atoms with van der Waals surface area (Å²) in [5.74, 6) is 0.497. The Kier molecular flexibility index (Phi) is 4.82. The summed E-state index contributed by atoms with van der Waals surface area (Å²) in [6.07, 6.45) is 6.25. The van der Waals surface area contributed by atoms with Gasteiger partial charge in [-0.25, -0.2) is 4.79 Å². The van der Waals surface area contributed by atoms with Crippen molar-refractivity contribution in [3.05, 3.63) is 29.8 Å². The third kappa shape index (κ3) is 3.65. The van der Waals surface area contributed by atoms with Gasteiger partial charge in [-0.1, -0.05) is 25.3 Å². The number of rotatable bonds is 2. The van der Waals surface area contributed by atoms with E-state index >= 15 is 0 Å². The van der Waals surface area contributed by atoms with Crippen LogP contribution in [0.15, 0.2) is 24.3 Å². The van der Waals surface area contributed by atoms with Gasteiger partial charge in [-0.2, -0.15) is 5.26 Å². The van der Waals surface area contributed by atoms with Gasteiger partial charge in [-0.15, -0.1) is 0 Å². The molecule has 2 N–H and O–H groups in total. The fourth-order valence-corrected chi connectivity index (χ4v) is 3.90. The van der Waals surface area contributed by atoms with Crippen LogP contribution in [0.3, 0.4) is 0 Å². The Bertz CT molecular complexity index is 605. The number of aliphatic hydroxyl groups is 1. The normalized spacial score (nSPS) is 25.1. The number of nitrogens with zero attached hydrogens (tertiary/aromatic N) is 2. The maximum atomic E-state index is 12.6. The molecule has 1 saturated carbocycles. The van der Waals surface area contributed by atoms with E-state index in [1.807, 2.05) is 0 Å². The number of aliphatic hydroxyl groups excluding tert-OH is 1. The average molecular weight is 313 g/mol. The number of likely N-dealkylation sites (tertiary alicyclic amines) is 1. The molecule has 3 rings (SSSR count). The number of carbonyl (C=O) groups is 1. The Balaban J connectivity index is 1.70. The van der Waals surface area contributed by atoms with Crippen molar-refractivity contribution in [1.29, 1.82) is 5.26 Å². The van der Waals surface area contributed by atoms with Crippen LogP contribution in [0, 0.1) is 17.2 Å². The Morgan fingerprint density at radius 1 is 1.30 bits per heavy atom. The summed E-state index contributed by atoms with van der Waals surface area (Å²) >= 11 is 0. The van der Waals surface area contributed by atoms with Gasteiger partial charge < -0.3 is 15.3 Å². The molecular formula is C18H23N3O2. The van der Waals surface area contributed by atoms with Gasteiger partial charge in [0, 0.05) is 18.3 Å². The smallest absolute Gasteiger partial charge is 0.322 e. The van der Waals surface area contributed by atoms with Gasteiger partial charge >= 0.3 is 6.03 Å². The third-order valence-electron chi connectivity index (χ3n) is 5.02. The molecule has 0 unspecified atom stereocenters. The maximum absolute atomic E-state index is 12.6. The molecule has 1 aliphatic carbocycles. The van der Waals surface area contributed by atoms with Gasteiger partial charge in [0.1, 0.15) is 0 Å². The summed E-state index contributed by atoms with van der Waals surface area (Å²) in [5.41, 5.74) is 1.14. The zero-order valence-corrected chi connectivity index (χ0v) is 13.2. The number of benzene rings is 1. The lowest BCUT2D eigenvalue weighted by molar-refractivity contribution is 0.164. The summed E-state index contributed by atoms with van der Waals surface area (Å²) in [5, 5.41) is 21.9. The molecule has 1 aromatic rings. The monoisotopic (exact) mass is 313 g/mol. The first-order valence-electron chi connectivity index (χ1n) is 8.43. The predicted molar refractivity (Wildman–Crippen MR) is 87.9 cm³/mol. The van der Waals surface area contributed by atoms with Gasteiger partial charge in [0.15, 0.2) is 0 Å². The largest absolute Gasteiger partial charge is 0.391 e. The van der Waals surface area contributed by atoms with E-state index in [2.05, 4.69) is 11.4 Å². The van der Waals surface area contributed by atoms with Crippen molar-refractivity contribution in [3.8, 4) is 6.07 Å². The van der Waals surface area contributed by atoms with Crippen molar-refractivity contribution in [1.82, 2.24) is 4.90 Å². The summed E-state index contributed by atoms with van der Waals surface area (Å²) in [6, 6.07) is 8.94. The van der Waals surface area contributed by atoms with Crippen LogP contribution in [0.4, 0.5) is 10.5 Å². The SMILES string of the molecule is N#Cc1cccc(NC(=O)N2C[C@@H](O)C[C@@H]2C2CCCCC2)c1. The van der Waals surface area contributed by atoms with E-state index in [1.54, 1.807) is 29.2 Å². The minimum atomic E-state index is -0.432. The van der Waals surface area contributed by atoms with Gasteiger partial charge in [-0.05, 0) is 43.4 Å². The second-order valence-electron chi connectivity index (χ2n) is 6.63. The molecule has 2 amide bonds. The lowest BCUT2D eigenvalue weighted by atomic mass is 9.83. The fourth-order valence-electron chi connectivity index (χ4n) is 3.90. The van der Waals surface area contributed by atoms with E-state index in [-0.39, 0.29) is 12.1 Å². The number of nitrogens with one attached hydrogen (secondary N) is 1. The summed E-state index contributed by atoms with van der Waals surface area (Å²) in [4.78, 5) is 14.4. The predicted octanol–water partition coefficient (Wildman–Crippen LogP) is 3.11.